The Kier molecular flexibility index (Phi) is 19.5. The number of nitrogens with zero attached hydrogens (tertiary/aromatic N) is 4. The number of para-hydroxylation sites is 6. The van der Waals surface area contributed by atoms with Gasteiger partial charge in [-0.25, -0.2) is 0 Å². The minimum Gasteiger partial charge on any atom is -0.456 e. The summed E-state index contributed by atoms with van der Waals surface area (Å²) in [5.74, 6) is 0. The van der Waals surface area contributed by atoms with E-state index in [1.165, 1.54) is 97.3 Å². The van der Waals surface area contributed by atoms with E-state index in [1.54, 1.807) is 0 Å². The van der Waals surface area contributed by atoms with Gasteiger partial charge in [-0.05, 0) is 290 Å². The van der Waals surface area contributed by atoms with Gasteiger partial charge in [0.25, 0.3) is 0 Å². The molecule has 0 bridgehead atoms. The quantitative estimate of drug-likeness (QED) is 0.0898. The number of hydrogen-bond donors (Lipinski definition) is 0. The summed E-state index contributed by atoms with van der Waals surface area (Å²) in [4.78, 5) is 9.48. The largest absolute Gasteiger partial charge is 0.456 e. The fraction of sp³-hybridized carbons (Fsp3) is 0. The first-order valence-electron chi connectivity index (χ1n) is 45.8. The van der Waals surface area contributed by atoms with Crippen molar-refractivity contribution in [1.82, 2.24) is 0 Å². The molecule has 0 atom stereocenters. The zero-order valence-electron chi connectivity index (χ0n) is 73.1. The Hall–Kier alpha value is -17.8. The molecular weight excluding hydrogens is 1630 g/mol. The van der Waals surface area contributed by atoms with E-state index in [1.807, 2.05) is 24.3 Å². The van der Waals surface area contributed by atoms with E-state index in [4.69, 9.17) is 8.83 Å². The average molecular weight is 1710 g/mol. The zero-order chi connectivity index (χ0) is 88.5. The highest BCUT2D eigenvalue weighted by atomic mass is 16.3. The van der Waals surface area contributed by atoms with Gasteiger partial charge < -0.3 is 28.4 Å². The lowest BCUT2D eigenvalue weighted by molar-refractivity contribution is 0.668. The first-order chi connectivity index (χ1) is 66.5. The van der Waals surface area contributed by atoms with Crippen molar-refractivity contribution >= 4 is 198 Å². The summed E-state index contributed by atoms with van der Waals surface area (Å²) in [6, 6.07) is 184. The molecule has 2 aromatic heterocycles. The Morgan fingerprint density at radius 2 is 0.343 bits per heavy atom. The van der Waals surface area contributed by atoms with Crippen LogP contribution in [0.15, 0.2) is 518 Å². The number of rotatable bonds is 16. The Bertz CT molecular complexity index is 8840. The molecule has 0 N–H and O–H groups in total. The molecule has 2 heterocycles. The first kappa shape index (κ1) is 78.4. The van der Waals surface area contributed by atoms with Crippen LogP contribution < -0.4 is 19.6 Å². The molecule has 0 aliphatic rings. The number of benzene rings is 24. The lowest BCUT2D eigenvalue weighted by Gasteiger charge is -2.28. The van der Waals surface area contributed by atoms with Crippen LogP contribution >= 0.6 is 0 Å². The molecule has 24 aromatic carbocycles. The van der Waals surface area contributed by atoms with Crippen molar-refractivity contribution in [3.8, 4) is 44.5 Å². The van der Waals surface area contributed by atoms with Gasteiger partial charge in [0.1, 0.15) is 22.3 Å². The van der Waals surface area contributed by atoms with Gasteiger partial charge in [0, 0.05) is 89.2 Å². The van der Waals surface area contributed by atoms with Crippen LogP contribution in [0.4, 0.5) is 68.2 Å². The number of hydrogen-bond acceptors (Lipinski definition) is 6. The molecule has 0 spiro atoms. The van der Waals surface area contributed by atoms with Gasteiger partial charge in [0.05, 0.1) is 11.4 Å². The number of anilines is 12. The second kappa shape index (κ2) is 33.3. The molecule has 0 saturated heterocycles. The van der Waals surface area contributed by atoms with Crippen molar-refractivity contribution in [1.29, 1.82) is 0 Å². The molecule has 6 heteroatoms. The highest BCUT2D eigenvalue weighted by molar-refractivity contribution is 6.28. The normalized spacial score (nSPS) is 11.6. The molecule has 0 aliphatic heterocycles. The maximum atomic E-state index is 6.24. The summed E-state index contributed by atoms with van der Waals surface area (Å²) in [5, 5.41) is 24.3. The Balaban J connectivity index is 0.000000143. The van der Waals surface area contributed by atoms with Crippen LogP contribution in [0.25, 0.3) is 175 Å². The number of fused-ring (bicyclic) bond motifs is 20. The van der Waals surface area contributed by atoms with E-state index in [2.05, 4.69) is 505 Å². The van der Waals surface area contributed by atoms with Crippen molar-refractivity contribution in [3.63, 3.8) is 0 Å². The van der Waals surface area contributed by atoms with Crippen molar-refractivity contribution in [2.45, 2.75) is 0 Å². The highest BCUT2D eigenvalue weighted by Crippen LogP contribution is 2.50. The standard InChI is InChI=1S/2C64H42N2O/c1-3-15-46(16-4-1)66(47-17-5-2-6-18-47)62-39-38-51(52-19-11-12-24-58(52)62)44-29-34-49(35-30-44)65(50-36-37-57-55-22-8-7-20-53(55)54-21-9-10-23-56(54)60(57)42-50)48-32-27-43(28-33-48)45-31-40-64-61(41-45)59-25-13-14-26-63(59)67-64;1-3-15-46(16-4-1)65(47-17-5-2-6-18-47)48-32-27-43(28-33-48)44-29-34-49(35-30-44)66(50-36-37-57-55-22-8-7-20-53(55)54-21-9-10-23-56(54)60(57)42-50)62-39-38-51(52-19-11-12-24-58(52)62)45-31-40-64-61(41-45)59-25-13-14-26-63(59)67-64/h2*1-42H. The van der Waals surface area contributed by atoms with Crippen LogP contribution in [0, 0.1) is 0 Å². The second-order valence-corrected chi connectivity index (χ2v) is 34.5. The molecule has 0 saturated carbocycles. The lowest BCUT2D eigenvalue weighted by atomic mass is 9.93. The summed E-state index contributed by atoms with van der Waals surface area (Å²) in [5.41, 5.74) is 26.1. The van der Waals surface area contributed by atoms with Gasteiger partial charge in [0.15, 0.2) is 0 Å². The van der Waals surface area contributed by atoms with Crippen LogP contribution in [-0.2, 0) is 0 Å². The molecule has 0 amide bonds. The zero-order valence-corrected chi connectivity index (χ0v) is 73.1. The molecule has 628 valence electrons. The smallest absolute Gasteiger partial charge is 0.135 e. The molecule has 0 radical (unpaired) electrons. The molecule has 26 rings (SSSR count). The number of furan rings is 2. The van der Waals surface area contributed by atoms with Crippen LogP contribution in [0.2, 0.25) is 0 Å². The van der Waals surface area contributed by atoms with Gasteiger partial charge >= 0.3 is 0 Å². The summed E-state index contributed by atoms with van der Waals surface area (Å²) < 4.78 is 12.4. The summed E-state index contributed by atoms with van der Waals surface area (Å²) in [6.07, 6.45) is 0. The van der Waals surface area contributed by atoms with Gasteiger partial charge in [-0.2, -0.15) is 0 Å². The fourth-order valence-corrected chi connectivity index (χ4v) is 20.6. The third kappa shape index (κ3) is 13.9. The molecule has 0 unspecified atom stereocenters. The van der Waals surface area contributed by atoms with Gasteiger partial charge in [0.2, 0.25) is 0 Å². The van der Waals surface area contributed by atoms with Gasteiger partial charge in [-0.1, -0.05) is 340 Å². The summed E-state index contributed by atoms with van der Waals surface area (Å²) in [6.45, 7) is 0. The molecule has 0 fully saturated rings. The molecule has 6 nitrogen and oxygen atoms in total. The summed E-state index contributed by atoms with van der Waals surface area (Å²) >= 11 is 0. The van der Waals surface area contributed by atoms with Gasteiger partial charge in [-0.15, -0.1) is 0 Å². The minimum atomic E-state index is 0.898. The predicted octanol–water partition coefficient (Wildman–Crippen LogP) is 36.9. The highest BCUT2D eigenvalue weighted by Gasteiger charge is 2.25. The van der Waals surface area contributed by atoms with Crippen LogP contribution in [-0.4, -0.2) is 0 Å². The van der Waals surface area contributed by atoms with Crippen molar-refractivity contribution in [2.24, 2.45) is 0 Å². The summed E-state index contributed by atoms with van der Waals surface area (Å²) in [7, 11) is 0. The maximum Gasteiger partial charge on any atom is 0.135 e. The van der Waals surface area contributed by atoms with E-state index in [0.717, 1.165) is 146 Å². The average Bonchev–Trinajstić information content (AvgIpc) is 0.877. The first-order valence-corrected chi connectivity index (χ1v) is 45.8. The SMILES string of the molecule is c1ccc(N(c2ccccc2)c2ccc(-c3ccc(N(c4ccc(-c5ccc6oc7ccccc7c6c5)cc4)c4ccc5c6ccccc6c6ccccc6c5c4)cc3)c3ccccc23)cc1.c1ccc(N(c2ccccc2)c2ccc(-c3ccc(N(c4ccc5c6ccccc6c6ccccc6c5c4)c4ccc(-c5ccc6oc7ccccc7c6c5)c5ccccc45)cc3)cc2)cc1. The monoisotopic (exact) mass is 1710 g/mol. The van der Waals surface area contributed by atoms with Crippen LogP contribution in [0.5, 0.6) is 0 Å². The maximum absolute atomic E-state index is 6.24. The second-order valence-electron chi connectivity index (χ2n) is 34.5. The Labute approximate surface area is 775 Å². The Morgan fingerprint density at radius 3 is 0.731 bits per heavy atom. The van der Waals surface area contributed by atoms with E-state index in [9.17, 15) is 0 Å². The third-order valence-corrected chi connectivity index (χ3v) is 26.9. The van der Waals surface area contributed by atoms with E-state index >= 15 is 0 Å². The minimum absolute atomic E-state index is 0.898. The van der Waals surface area contributed by atoms with Crippen molar-refractivity contribution in [3.05, 3.63) is 510 Å². The van der Waals surface area contributed by atoms with Crippen LogP contribution in [0.1, 0.15) is 0 Å². The Morgan fingerprint density at radius 1 is 0.112 bits per heavy atom. The van der Waals surface area contributed by atoms with E-state index in [-0.39, 0.29) is 0 Å². The molecular formula is C128H84N4O2. The topological polar surface area (TPSA) is 39.2 Å². The predicted molar refractivity (Wildman–Crippen MR) is 568 cm³/mol. The van der Waals surface area contributed by atoms with E-state index in [0.29, 0.717) is 0 Å². The third-order valence-electron chi connectivity index (χ3n) is 26.9. The molecule has 26 aromatic rings. The van der Waals surface area contributed by atoms with E-state index < -0.39 is 0 Å². The van der Waals surface area contributed by atoms with Crippen molar-refractivity contribution in [2.75, 3.05) is 19.6 Å². The van der Waals surface area contributed by atoms with Crippen molar-refractivity contribution < 1.29 is 8.83 Å². The lowest BCUT2D eigenvalue weighted by Crippen LogP contribution is -2.11. The molecule has 134 heavy (non-hydrogen) atoms. The van der Waals surface area contributed by atoms with Gasteiger partial charge in [-0.3, -0.25) is 0 Å². The fourth-order valence-electron chi connectivity index (χ4n) is 20.6. The van der Waals surface area contributed by atoms with Crippen LogP contribution in [0.3, 0.4) is 0 Å². The molecule has 0 aliphatic carbocycles.